The van der Waals surface area contributed by atoms with Gasteiger partial charge in [0.25, 0.3) is 0 Å². The van der Waals surface area contributed by atoms with Gasteiger partial charge in [0, 0.05) is 39.8 Å². The van der Waals surface area contributed by atoms with Crippen LogP contribution in [0.4, 0.5) is 0 Å². The number of nitrogens with zero attached hydrogens (tertiary/aromatic N) is 5. The van der Waals surface area contributed by atoms with Gasteiger partial charge in [0.15, 0.2) is 5.96 Å². The topological polar surface area (TPSA) is 70.4 Å². The maximum atomic E-state index is 4.59. The standard InChI is InChI=1S/C18H27N7.HI/c1-3-19-18(21-12-17-22-14-23-24(17)2)20-9-11-25-10-8-15-6-4-5-7-16(15)13-25;/h4-7,14H,3,8-13H2,1-2H3,(H2,19,20,21);1H. The van der Waals surface area contributed by atoms with Gasteiger partial charge in [0.2, 0.25) is 0 Å². The number of rotatable bonds is 6. The van der Waals surface area contributed by atoms with Crippen molar-refractivity contribution in [3.05, 3.63) is 47.5 Å². The van der Waals surface area contributed by atoms with Gasteiger partial charge < -0.3 is 10.6 Å². The lowest BCUT2D eigenvalue weighted by molar-refractivity contribution is 0.258. The number of halogens is 1. The summed E-state index contributed by atoms with van der Waals surface area (Å²) in [6, 6.07) is 8.74. The lowest BCUT2D eigenvalue weighted by Crippen LogP contribution is -2.42. The van der Waals surface area contributed by atoms with Gasteiger partial charge in [-0.1, -0.05) is 24.3 Å². The lowest BCUT2D eigenvalue weighted by atomic mass is 10.00. The van der Waals surface area contributed by atoms with Crippen LogP contribution in [0.2, 0.25) is 0 Å². The van der Waals surface area contributed by atoms with Crippen molar-refractivity contribution in [2.24, 2.45) is 12.0 Å². The first kappa shape index (κ1) is 20.6. The zero-order valence-corrected chi connectivity index (χ0v) is 17.8. The molecule has 2 N–H and O–H groups in total. The molecule has 0 saturated heterocycles. The summed E-state index contributed by atoms with van der Waals surface area (Å²) in [6.07, 6.45) is 2.69. The summed E-state index contributed by atoms with van der Waals surface area (Å²) in [6.45, 7) is 7.44. The van der Waals surface area contributed by atoms with Crippen molar-refractivity contribution in [3.63, 3.8) is 0 Å². The molecule has 8 heteroatoms. The highest BCUT2D eigenvalue weighted by Crippen LogP contribution is 2.17. The summed E-state index contributed by atoms with van der Waals surface area (Å²) in [5.41, 5.74) is 2.95. The average molecular weight is 469 g/mol. The van der Waals surface area contributed by atoms with Crippen molar-refractivity contribution in [3.8, 4) is 0 Å². The van der Waals surface area contributed by atoms with E-state index in [4.69, 9.17) is 0 Å². The number of benzene rings is 1. The van der Waals surface area contributed by atoms with Crippen LogP contribution in [-0.4, -0.2) is 51.8 Å². The largest absolute Gasteiger partial charge is 0.357 e. The van der Waals surface area contributed by atoms with Crippen molar-refractivity contribution in [2.75, 3.05) is 26.2 Å². The van der Waals surface area contributed by atoms with Crippen LogP contribution in [0.1, 0.15) is 23.9 Å². The van der Waals surface area contributed by atoms with Gasteiger partial charge in [-0.05, 0) is 24.5 Å². The molecular weight excluding hydrogens is 441 g/mol. The summed E-state index contributed by atoms with van der Waals surface area (Å²) in [7, 11) is 1.88. The molecule has 1 aliphatic rings. The SMILES string of the molecule is CCNC(=NCc1ncnn1C)NCCN1CCc2ccccc2C1.I. The van der Waals surface area contributed by atoms with Gasteiger partial charge in [0.1, 0.15) is 18.7 Å². The third-order valence-electron chi connectivity index (χ3n) is 4.46. The molecule has 1 aliphatic heterocycles. The van der Waals surface area contributed by atoms with Crippen molar-refractivity contribution >= 4 is 29.9 Å². The summed E-state index contributed by atoms with van der Waals surface area (Å²) >= 11 is 0. The zero-order chi connectivity index (χ0) is 17.5. The first-order valence-electron chi connectivity index (χ1n) is 8.90. The molecule has 7 nitrogen and oxygen atoms in total. The third-order valence-corrected chi connectivity index (χ3v) is 4.46. The minimum Gasteiger partial charge on any atom is -0.357 e. The molecule has 26 heavy (non-hydrogen) atoms. The van der Waals surface area contributed by atoms with E-state index in [2.05, 4.69) is 61.8 Å². The van der Waals surface area contributed by atoms with Crippen LogP contribution in [0.25, 0.3) is 0 Å². The number of hydrogen-bond donors (Lipinski definition) is 2. The maximum absolute atomic E-state index is 4.59. The van der Waals surface area contributed by atoms with Crippen LogP contribution in [0.15, 0.2) is 35.6 Å². The Morgan fingerprint density at radius 2 is 2.04 bits per heavy atom. The van der Waals surface area contributed by atoms with E-state index in [1.54, 1.807) is 11.0 Å². The molecule has 0 atom stereocenters. The Morgan fingerprint density at radius 1 is 1.23 bits per heavy atom. The fraction of sp³-hybridized carbons (Fsp3) is 0.500. The summed E-state index contributed by atoms with van der Waals surface area (Å²) in [5.74, 6) is 1.67. The minimum atomic E-state index is 0. The van der Waals surface area contributed by atoms with E-state index >= 15 is 0 Å². The van der Waals surface area contributed by atoms with E-state index in [0.29, 0.717) is 6.54 Å². The third kappa shape index (κ3) is 5.66. The molecule has 142 valence electrons. The van der Waals surface area contributed by atoms with Crippen molar-refractivity contribution in [1.29, 1.82) is 0 Å². The quantitative estimate of drug-likeness (QED) is 0.382. The number of hydrogen-bond acceptors (Lipinski definition) is 4. The maximum Gasteiger partial charge on any atom is 0.191 e. The molecule has 3 rings (SSSR count). The van der Waals surface area contributed by atoms with Crippen LogP contribution in [-0.2, 0) is 26.6 Å². The van der Waals surface area contributed by atoms with E-state index < -0.39 is 0 Å². The smallest absolute Gasteiger partial charge is 0.191 e. The van der Waals surface area contributed by atoms with E-state index in [1.807, 2.05) is 7.05 Å². The fourth-order valence-electron chi connectivity index (χ4n) is 3.03. The second-order valence-electron chi connectivity index (χ2n) is 6.22. The van der Waals surface area contributed by atoms with Gasteiger partial charge in [-0.25, -0.2) is 9.98 Å². The molecule has 0 saturated carbocycles. The van der Waals surface area contributed by atoms with Crippen LogP contribution in [0.5, 0.6) is 0 Å². The number of aliphatic imine (C=N–C) groups is 1. The number of fused-ring (bicyclic) bond motifs is 1. The molecule has 0 unspecified atom stereocenters. The van der Waals surface area contributed by atoms with Gasteiger partial charge in [0.05, 0.1) is 0 Å². The minimum absolute atomic E-state index is 0. The van der Waals surface area contributed by atoms with Crippen LogP contribution in [0, 0.1) is 0 Å². The molecule has 2 aromatic rings. The van der Waals surface area contributed by atoms with E-state index in [9.17, 15) is 0 Å². The van der Waals surface area contributed by atoms with Crippen molar-refractivity contribution in [1.82, 2.24) is 30.3 Å². The highest BCUT2D eigenvalue weighted by molar-refractivity contribution is 14.0. The Kier molecular flexibility index (Phi) is 8.30. The highest BCUT2D eigenvalue weighted by Gasteiger charge is 2.15. The van der Waals surface area contributed by atoms with Crippen LogP contribution in [0.3, 0.4) is 0 Å². The second-order valence-corrected chi connectivity index (χ2v) is 6.22. The van der Waals surface area contributed by atoms with E-state index in [-0.39, 0.29) is 24.0 Å². The Labute approximate surface area is 172 Å². The monoisotopic (exact) mass is 469 g/mol. The van der Waals surface area contributed by atoms with E-state index in [0.717, 1.165) is 50.9 Å². The molecule has 1 aromatic carbocycles. The molecule has 0 radical (unpaired) electrons. The van der Waals surface area contributed by atoms with Gasteiger partial charge in [-0.2, -0.15) is 5.10 Å². The van der Waals surface area contributed by atoms with Gasteiger partial charge in [-0.15, -0.1) is 24.0 Å². The first-order valence-corrected chi connectivity index (χ1v) is 8.90. The molecule has 2 heterocycles. The molecule has 0 bridgehead atoms. The van der Waals surface area contributed by atoms with Gasteiger partial charge in [-0.3, -0.25) is 9.58 Å². The number of aromatic nitrogens is 3. The molecule has 0 fully saturated rings. The fourth-order valence-corrected chi connectivity index (χ4v) is 3.03. The second kappa shape index (κ2) is 10.5. The Morgan fingerprint density at radius 3 is 2.77 bits per heavy atom. The zero-order valence-electron chi connectivity index (χ0n) is 15.5. The average Bonchev–Trinajstić information content (AvgIpc) is 3.04. The molecule has 0 spiro atoms. The number of guanidine groups is 1. The Balaban J connectivity index is 0.00000243. The predicted octanol–water partition coefficient (Wildman–Crippen LogP) is 1.55. The van der Waals surface area contributed by atoms with Crippen molar-refractivity contribution in [2.45, 2.75) is 26.4 Å². The summed E-state index contributed by atoms with van der Waals surface area (Å²) in [5, 5.41) is 10.8. The van der Waals surface area contributed by atoms with E-state index in [1.165, 1.54) is 11.1 Å². The molecule has 0 aliphatic carbocycles. The van der Waals surface area contributed by atoms with Gasteiger partial charge >= 0.3 is 0 Å². The van der Waals surface area contributed by atoms with Crippen LogP contribution >= 0.6 is 24.0 Å². The normalized spacial score (nSPS) is 14.5. The lowest BCUT2D eigenvalue weighted by Gasteiger charge is -2.28. The summed E-state index contributed by atoms with van der Waals surface area (Å²) in [4.78, 5) is 11.3. The number of aryl methyl sites for hydroxylation is 1. The molecule has 1 aromatic heterocycles. The number of nitrogens with one attached hydrogen (secondary N) is 2. The van der Waals surface area contributed by atoms with Crippen molar-refractivity contribution < 1.29 is 0 Å². The Hall–Kier alpha value is -1.68. The molecular formula is C18H28IN7. The Bertz CT molecular complexity index is 713. The summed E-state index contributed by atoms with van der Waals surface area (Å²) < 4.78 is 1.75. The predicted molar refractivity (Wildman–Crippen MR) is 115 cm³/mol. The highest BCUT2D eigenvalue weighted by atomic mass is 127. The molecule has 0 amide bonds. The van der Waals surface area contributed by atoms with Crippen LogP contribution < -0.4 is 10.6 Å². The first-order chi connectivity index (χ1) is 12.3.